The molecule has 4 rings (SSSR count). The van der Waals surface area contributed by atoms with E-state index in [1.807, 2.05) is 65.9 Å². The summed E-state index contributed by atoms with van der Waals surface area (Å²) in [6.07, 6.45) is 1.84. The van der Waals surface area contributed by atoms with E-state index in [1.54, 1.807) is 0 Å². The van der Waals surface area contributed by atoms with Gasteiger partial charge in [-0.2, -0.15) is 24.6 Å². The first-order chi connectivity index (χ1) is 14.7. The van der Waals surface area contributed by atoms with Crippen molar-refractivity contribution in [3.8, 4) is 0 Å². The summed E-state index contributed by atoms with van der Waals surface area (Å²) < 4.78 is 0. The summed E-state index contributed by atoms with van der Waals surface area (Å²) in [5.74, 6) is 0. The van der Waals surface area contributed by atoms with Crippen LogP contribution >= 0.6 is 0 Å². The summed E-state index contributed by atoms with van der Waals surface area (Å²) in [4.78, 5) is 6.79. The number of hydrogen-bond acceptors (Lipinski definition) is 2. The molecule has 0 spiro atoms. The summed E-state index contributed by atoms with van der Waals surface area (Å²) in [6, 6.07) is 18.6. The second-order valence-corrected chi connectivity index (χ2v) is 5.99. The van der Waals surface area contributed by atoms with Gasteiger partial charge in [0.15, 0.2) is 0 Å². The van der Waals surface area contributed by atoms with Gasteiger partial charge in [0.1, 0.15) is 0 Å². The molecule has 3 nitrogen and oxygen atoms in total. The van der Waals surface area contributed by atoms with Crippen molar-refractivity contribution in [1.82, 2.24) is 4.98 Å². The molecule has 0 aliphatic carbocycles. The number of hydrogen-bond donors (Lipinski definition) is 0. The summed E-state index contributed by atoms with van der Waals surface area (Å²) in [5.41, 5.74) is 4.73. The summed E-state index contributed by atoms with van der Waals surface area (Å²) in [6.45, 7) is 21.8. The van der Waals surface area contributed by atoms with Crippen molar-refractivity contribution in [3.63, 3.8) is 0 Å². The predicted octanol–water partition coefficient (Wildman–Crippen LogP) is 8.95. The minimum absolute atomic E-state index is 0. The number of aryl methyl sites for hydroxylation is 1. The average molecular weight is 712 g/mol. The van der Waals surface area contributed by atoms with Gasteiger partial charge in [0.2, 0.25) is 0 Å². The van der Waals surface area contributed by atoms with Gasteiger partial charge in [-0.3, -0.25) is 4.98 Å². The minimum Gasteiger partial charge on any atom is -0.659 e. The number of aromatic nitrogens is 1. The van der Waals surface area contributed by atoms with Crippen molar-refractivity contribution in [1.29, 1.82) is 0 Å². The molecule has 34 heavy (non-hydrogen) atoms. The van der Waals surface area contributed by atoms with Crippen LogP contribution in [-0.2, 0) is 53.8 Å². The Morgan fingerprint density at radius 3 is 1.88 bits per heavy atom. The zero-order chi connectivity index (χ0) is 22.8. The summed E-state index contributed by atoms with van der Waals surface area (Å²) >= 11 is 0. The van der Waals surface area contributed by atoms with Gasteiger partial charge in [0.05, 0.1) is 5.52 Å². The summed E-state index contributed by atoms with van der Waals surface area (Å²) in [5, 5.41) is 5.62. The van der Waals surface area contributed by atoms with E-state index in [0.29, 0.717) is 0 Å². The van der Waals surface area contributed by atoms with E-state index in [0.717, 1.165) is 37.3 Å². The Hall–Kier alpha value is -0.728. The van der Waals surface area contributed by atoms with E-state index in [4.69, 9.17) is 0 Å². The first-order valence-electron chi connectivity index (χ1n) is 11.3. The molecule has 1 aromatic heterocycles. The first-order valence-corrected chi connectivity index (χ1v) is 11.3. The van der Waals surface area contributed by atoms with Crippen molar-refractivity contribution >= 4 is 16.6 Å². The van der Waals surface area contributed by atoms with Gasteiger partial charge in [-0.1, -0.05) is 75.5 Å². The molecule has 3 aromatic rings. The number of piperazine rings is 1. The maximum atomic E-state index is 4.39. The SMILES string of the molecule is C.C.CC.CC.CC.[CH2-]c1cccc(C)c1.[W].[Y].c1cc(N2CC[N-]CC2)c2cccnc2c1. The Morgan fingerprint density at radius 2 is 1.38 bits per heavy atom. The van der Waals surface area contributed by atoms with Crippen LogP contribution < -0.4 is 4.90 Å². The Morgan fingerprint density at radius 1 is 0.824 bits per heavy atom. The van der Waals surface area contributed by atoms with Crippen molar-refractivity contribution in [2.45, 2.75) is 63.3 Å². The Balaban J connectivity index is -0.000000135. The molecule has 191 valence electrons. The van der Waals surface area contributed by atoms with Crippen LogP contribution in [0, 0.1) is 13.8 Å². The zero-order valence-corrected chi connectivity index (χ0v) is 26.9. The molecule has 0 atom stereocenters. The molecule has 0 amide bonds. The molecule has 1 saturated heterocycles. The minimum atomic E-state index is 0. The number of fused-ring (bicyclic) bond motifs is 1. The molecule has 0 saturated carbocycles. The molecule has 2 aromatic carbocycles. The molecule has 1 fully saturated rings. The fourth-order valence-corrected chi connectivity index (χ4v) is 2.92. The number of pyridine rings is 1. The summed E-state index contributed by atoms with van der Waals surface area (Å²) in [7, 11) is 0. The smallest absolute Gasteiger partial charge is 0.0722 e. The molecule has 0 unspecified atom stereocenters. The van der Waals surface area contributed by atoms with Crippen molar-refractivity contribution in [2.24, 2.45) is 0 Å². The quantitative estimate of drug-likeness (QED) is 0.236. The third-order valence-corrected chi connectivity index (χ3v) is 4.10. The van der Waals surface area contributed by atoms with Gasteiger partial charge in [-0.25, -0.2) is 0 Å². The number of anilines is 1. The molecule has 1 radical (unpaired) electrons. The van der Waals surface area contributed by atoms with E-state index in [9.17, 15) is 0 Å². The third-order valence-electron chi connectivity index (χ3n) is 4.10. The van der Waals surface area contributed by atoms with E-state index in [1.165, 1.54) is 16.6 Å². The van der Waals surface area contributed by atoms with Crippen LogP contribution in [0.3, 0.4) is 0 Å². The van der Waals surface area contributed by atoms with Crippen LogP contribution in [0.5, 0.6) is 0 Å². The van der Waals surface area contributed by atoms with Gasteiger partial charge in [0.25, 0.3) is 0 Å². The van der Waals surface area contributed by atoms with Crippen LogP contribution in [0.15, 0.2) is 60.8 Å². The fraction of sp³-hybridized carbons (Fsp3) is 0.448. The molecule has 1 aliphatic rings. The Bertz CT molecular complexity index is 783. The van der Waals surface area contributed by atoms with E-state index in [2.05, 4.69) is 65.4 Å². The van der Waals surface area contributed by atoms with Gasteiger partial charge in [-0.05, 0) is 37.4 Å². The van der Waals surface area contributed by atoms with Crippen LogP contribution in [0.4, 0.5) is 5.69 Å². The zero-order valence-electron chi connectivity index (χ0n) is 21.1. The first kappa shape index (κ1) is 43.4. The van der Waals surface area contributed by atoms with Crippen LogP contribution in [0.2, 0.25) is 0 Å². The number of rotatable bonds is 1. The molecular weight excluding hydrogens is 663 g/mol. The van der Waals surface area contributed by atoms with Crippen molar-refractivity contribution in [3.05, 3.63) is 84.2 Å². The second-order valence-electron chi connectivity index (χ2n) is 5.99. The van der Waals surface area contributed by atoms with Gasteiger partial charge in [-0.15, -0.1) is 24.7 Å². The van der Waals surface area contributed by atoms with E-state index in [-0.39, 0.29) is 68.6 Å². The van der Waals surface area contributed by atoms with E-state index < -0.39 is 0 Å². The van der Waals surface area contributed by atoms with Gasteiger partial charge >= 0.3 is 0 Å². The van der Waals surface area contributed by atoms with Crippen LogP contribution in [0.1, 0.15) is 67.5 Å². The van der Waals surface area contributed by atoms with Crippen LogP contribution in [-0.4, -0.2) is 31.2 Å². The number of nitrogens with zero attached hydrogens (tertiary/aromatic N) is 3. The van der Waals surface area contributed by atoms with Crippen molar-refractivity contribution in [2.75, 3.05) is 31.1 Å². The topological polar surface area (TPSA) is 30.2 Å². The molecule has 2 heterocycles. The average Bonchev–Trinajstić information content (AvgIpc) is 2.83. The molecule has 0 bridgehead atoms. The molecular formula is C29H49N3WY-2. The second kappa shape index (κ2) is 28.5. The normalized spacial score (nSPS) is 10.5. The van der Waals surface area contributed by atoms with Gasteiger partial charge in [0, 0.05) is 71.0 Å². The molecule has 1 aliphatic heterocycles. The Kier molecular flexibility index (Phi) is 36.4. The predicted molar refractivity (Wildman–Crippen MR) is 150 cm³/mol. The maximum absolute atomic E-state index is 4.39. The molecule has 5 heteroatoms. The monoisotopic (exact) mass is 712 g/mol. The molecule has 0 N–H and O–H groups in total. The standard InChI is InChI=1S/C13H14N3.C8H9.3C2H6.2CH4.W.Y/c1-4-12-11(3-2-6-15-12)13(5-1)16-9-7-14-8-10-16;1-7-4-3-5-8(2)6-7;3*1-2;;;;/h1-6H,7-10H2;3-6H,1H2,2H3;3*1-2H3;2*1H4;;/q2*-1;;;;;;;. The van der Waals surface area contributed by atoms with Gasteiger partial charge < -0.3 is 10.2 Å². The maximum Gasteiger partial charge on any atom is 0.0722 e. The number of benzene rings is 2. The third kappa shape index (κ3) is 16.0. The Labute approximate surface area is 252 Å². The van der Waals surface area contributed by atoms with E-state index >= 15 is 0 Å². The van der Waals surface area contributed by atoms with Crippen molar-refractivity contribution < 1.29 is 53.8 Å². The fourth-order valence-electron chi connectivity index (χ4n) is 2.92. The van der Waals surface area contributed by atoms with Crippen LogP contribution in [0.25, 0.3) is 16.2 Å². The largest absolute Gasteiger partial charge is 0.659 e.